The molecule has 2 rings (SSSR count). The average Bonchev–Trinajstić information content (AvgIpc) is 2.54. The summed E-state index contributed by atoms with van der Waals surface area (Å²) in [5.41, 5.74) is 1.77. The second-order valence-electron chi connectivity index (χ2n) is 4.67. The van der Waals surface area contributed by atoms with Crippen LogP contribution in [0, 0.1) is 0 Å². The summed E-state index contributed by atoms with van der Waals surface area (Å²) in [4.78, 5) is 23.4. The third kappa shape index (κ3) is 4.45. The molecular formula is C17H17NO3. The molecule has 0 radical (unpaired) electrons. The summed E-state index contributed by atoms with van der Waals surface area (Å²) < 4.78 is 4.98. The van der Waals surface area contributed by atoms with Crippen LogP contribution in [0.4, 0.5) is 0 Å². The van der Waals surface area contributed by atoms with Gasteiger partial charge in [-0.05, 0) is 18.1 Å². The first-order valence-corrected chi connectivity index (χ1v) is 6.73. The molecule has 4 heteroatoms. The van der Waals surface area contributed by atoms with Crippen LogP contribution in [0.25, 0.3) is 0 Å². The first kappa shape index (κ1) is 14.8. The van der Waals surface area contributed by atoms with Crippen molar-refractivity contribution in [2.24, 2.45) is 0 Å². The molecule has 0 aliphatic carbocycles. The molecule has 0 spiro atoms. The molecule has 1 amide bonds. The molecular weight excluding hydrogens is 266 g/mol. The van der Waals surface area contributed by atoms with Gasteiger partial charge in [-0.1, -0.05) is 60.7 Å². The summed E-state index contributed by atoms with van der Waals surface area (Å²) in [5.74, 6) is -1.61. The highest BCUT2D eigenvalue weighted by molar-refractivity contribution is 6.32. The van der Waals surface area contributed by atoms with Crippen molar-refractivity contribution in [3.63, 3.8) is 0 Å². The van der Waals surface area contributed by atoms with Crippen LogP contribution in [0.5, 0.6) is 0 Å². The third-order valence-corrected chi connectivity index (χ3v) is 3.05. The highest BCUT2D eigenvalue weighted by Crippen LogP contribution is 2.11. The Kier molecular flexibility index (Phi) is 5.10. The minimum atomic E-state index is -0.873. The van der Waals surface area contributed by atoms with Crippen molar-refractivity contribution < 1.29 is 14.3 Å². The SMILES string of the molecule is CC(NC(=O)C(=O)OCc1ccccc1)c1ccccc1. The van der Waals surface area contributed by atoms with Crippen LogP contribution in [0.3, 0.4) is 0 Å². The van der Waals surface area contributed by atoms with Gasteiger partial charge in [-0.2, -0.15) is 0 Å². The summed E-state index contributed by atoms with van der Waals surface area (Å²) >= 11 is 0. The fourth-order valence-electron chi connectivity index (χ4n) is 1.87. The van der Waals surface area contributed by atoms with Crippen LogP contribution >= 0.6 is 0 Å². The van der Waals surface area contributed by atoms with Gasteiger partial charge in [0.25, 0.3) is 0 Å². The smallest absolute Gasteiger partial charge is 0.397 e. The zero-order valence-electron chi connectivity index (χ0n) is 11.8. The molecule has 2 aromatic rings. The first-order chi connectivity index (χ1) is 10.2. The van der Waals surface area contributed by atoms with Crippen LogP contribution < -0.4 is 5.32 Å². The van der Waals surface area contributed by atoms with Crippen LogP contribution in [-0.4, -0.2) is 11.9 Å². The number of benzene rings is 2. The quantitative estimate of drug-likeness (QED) is 0.693. The number of rotatable bonds is 4. The second-order valence-corrected chi connectivity index (χ2v) is 4.67. The Bertz CT molecular complexity index is 596. The monoisotopic (exact) mass is 283 g/mol. The lowest BCUT2D eigenvalue weighted by molar-refractivity contribution is -0.156. The minimum absolute atomic E-state index is 0.0901. The normalized spacial score (nSPS) is 11.5. The van der Waals surface area contributed by atoms with Crippen molar-refractivity contribution in [2.45, 2.75) is 19.6 Å². The second kappa shape index (κ2) is 7.24. The van der Waals surface area contributed by atoms with E-state index in [0.717, 1.165) is 11.1 Å². The van der Waals surface area contributed by atoms with Crippen LogP contribution in [0.2, 0.25) is 0 Å². The van der Waals surface area contributed by atoms with Crippen LogP contribution in [0.15, 0.2) is 60.7 Å². The molecule has 21 heavy (non-hydrogen) atoms. The van der Waals surface area contributed by atoms with Gasteiger partial charge in [0.05, 0.1) is 6.04 Å². The standard InChI is InChI=1S/C17H17NO3/c1-13(15-10-6-3-7-11-15)18-16(19)17(20)21-12-14-8-4-2-5-9-14/h2-11,13H,12H2,1H3,(H,18,19). The maximum atomic E-state index is 11.8. The van der Waals surface area contributed by atoms with Crippen molar-refractivity contribution >= 4 is 11.9 Å². The van der Waals surface area contributed by atoms with E-state index in [4.69, 9.17) is 4.74 Å². The van der Waals surface area contributed by atoms with E-state index in [-0.39, 0.29) is 12.6 Å². The number of amides is 1. The van der Waals surface area contributed by atoms with Crippen molar-refractivity contribution in [2.75, 3.05) is 0 Å². The van der Waals surface area contributed by atoms with E-state index >= 15 is 0 Å². The fourth-order valence-corrected chi connectivity index (χ4v) is 1.87. The Morgan fingerprint density at radius 2 is 1.57 bits per heavy atom. The topological polar surface area (TPSA) is 55.4 Å². The van der Waals surface area contributed by atoms with E-state index in [1.54, 1.807) is 0 Å². The maximum absolute atomic E-state index is 11.8. The number of ether oxygens (including phenoxy) is 1. The highest BCUT2D eigenvalue weighted by Gasteiger charge is 2.18. The highest BCUT2D eigenvalue weighted by atomic mass is 16.5. The van der Waals surface area contributed by atoms with Crippen molar-refractivity contribution in [3.8, 4) is 0 Å². The summed E-state index contributed by atoms with van der Waals surface area (Å²) in [6.45, 7) is 1.91. The zero-order chi connectivity index (χ0) is 15.1. The average molecular weight is 283 g/mol. The fraction of sp³-hybridized carbons (Fsp3) is 0.176. The third-order valence-electron chi connectivity index (χ3n) is 3.05. The van der Waals surface area contributed by atoms with Gasteiger partial charge < -0.3 is 10.1 Å². The lowest BCUT2D eigenvalue weighted by Gasteiger charge is -2.13. The Balaban J connectivity index is 1.84. The molecule has 0 aliphatic heterocycles. The number of nitrogens with one attached hydrogen (secondary N) is 1. The van der Waals surface area contributed by atoms with Gasteiger partial charge in [0.15, 0.2) is 0 Å². The predicted molar refractivity (Wildman–Crippen MR) is 79.2 cm³/mol. The number of carbonyl (C=O) groups excluding carboxylic acids is 2. The molecule has 0 saturated carbocycles. The van der Waals surface area contributed by atoms with E-state index in [2.05, 4.69) is 5.32 Å². The molecule has 0 aliphatic rings. The molecule has 0 bridgehead atoms. The molecule has 0 fully saturated rings. The van der Waals surface area contributed by atoms with E-state index in [1.165, 1.54) is 0 Å². The molecule has 108 valence electrons. The number of hydrogen-bond acceptors (Lipinski definition) is 3. The lowest BCUT2D eigenvalue weighted by Crippen LogP contribution is -2.34. The van der Waals surface area contributed by atoms with Gasteiger partial charge in [-0.3, -0.25) is 4.79 Å². The van der Waals surface area contributed by atoms with Gasteiger partial charge in [0.2, 0.25) is 0 Å². The van der Waals surface area contributed by atoms with E-state index in [1.807, 2.05) is 67.6 Å². The Morgan fingerprint density at radius 3 is 2.19 bits per heavy atom. The Hall–Kier alpha value is -2.62. The molecule has 1 N–H and O–H groups in total. The van der Waals surface area contributed by atoms with Gasteiger partial charge in [0.1, 0.15) is 6.61 Å². The summed E-state index contributed by atoms with van der Waals surface area (Å²) in [5, 5.41) is 2.62. The van der Waals surface area contributed by atoms with Crippen LogP contribution in [-0.2, 0) is 20.9 Å². The van der Waals surface area contributed by atoms with Gasteiger partial charge in [-0.25, -0.2) is 4.79 Å². The summed E-state index contributed by atoms with van der Waals surface area (Å²) in [6, 6.07) is 18.4. The largest absolute Gasteiger partial charge is 0.454 e. The van der Waals surface area contributed by atoms with E-state index < -0.39 is 11.9 Å². The van der Waals surface area contributed by atoms with Gasteiger partial charge >= 0.3 is 11.9 Å². The van der Waals surface area contributed by atoms with Crippen molar-refractivity contribution in [1.82, 2.24) is 5.32 Å². The molecule has 0 saturated heterocycles. The molecule has 0 aromatic heterocycles. The zero-order valence-corrected chi connectivity index (χ0v) is 11.8. The minimum Gasteiger partial charge on any atom is -0.454 e. The van der Waals surface area contributed by atoms with Crippen molar-refractivity contribution in [1.29, 1.82) is 0 Å². The number of hydrogen-bond donors (Lipinski definition) is 1. The molecule has 4 nitrogen and oxygen atoms in total. The summed E-state index contributed by atoms with van der Waals surface area (Å²) in [7, 11) is 0. The van der Waals surface area contributed by atoms with Gasteiger partial charge in [-0.15, -0.1) is 0 Å². The first-order valence-electron chi connectivity index (χ1n) is 6.73. The molecule has 1 atom stereocenters. The summed E-state index contributed by atoms with van der Waals surface area (Å²) in [6.07, 6.45) is 0. The van der Waals surface area contributed by atoms with Gasteiger partial charge in [0, 0.05) is 0 Å². The Morgan fingerprint density at radius 1 is 1.00 bits per heavy atom. The maximum Gasteiger partial charge on any atom is 0.397 e. The lowest BCUT2D eigenvalue weighted by atomic mass is 10.1. The number of esters is 1. The molecule has 1 unspecified atom stereocenters. The van der Waals surface area contributed by atoms with Crippen LogP contribution in [0.1, 0.15) is 24.1 Å². The number of carbonyl (C=O) groups is 2. The predicted octanol–water partition coefficient (Wildman–Crippen LogP) is 2.61. The van der Waals surface area contributed by atoms with E-state index in [9.17, 15) is 9.59 Å². The van der Waals surface area contributed by atoms with E-state index in [0.29, 0.717) is 0 Å². The Labute approximate surface area is 123 Å². The molecule has 0 heterocycles. The molecule has 2 aromatic carbocycles. The van der Waals surface area contributed by atoms with Crippen molar-refractivity contribution in [3.05, 3.63) is 71.8 Å².